The second-order valence-electron chi connectivity index (χ2n) is 10.5. The standard InChI is InChI=1S/C31H34N2O7S/c1-21-5-3-8-27(17-21)41(37,38)33-20-26(10-12-30(34)32-15-13-22(14-16-32)31(35)36)40-29-11-9-24(19-28(29)33)23-6-4-7-25(18-23)39-2/h3-9,11,17-19,22,26H,10,12-16,20H2,1-2H3,(H,35,36)/t26-/m0/s1. The monoisotopic (exact) mass is 578 g/mol. The number of benzene rings is 3. The molecule has 0 radical (unpaired) electrons. The van der Waals surface area contributed by atoms with Gasteiger partial charge in [-0.05, 0) is 79.3 Å². The van der Waals surface area contributed by atoms with Crippen LogP contribution in [-0.2, 0) is 19.6 Å². The average molecular weight is 579 g/mol. The molecule has 1 fully saturated rings. The van der Waals surface area contributed by atoms with E-state index in [9.17, 15) is 23.1 Å². The van der Waals surface area contributed by atoms with Gasteiger partial charge >= 0.3 is 5.97 Å². The predicted molar refractivity (Wildman–Crippen MR) is 155 cm³/mol. The van der Waals surface area contributed by atoms with Gasteiger partial charge in [-0.2, -0.15) is 0 Å². The quantitative estimate of drug-likeness (QED) is 0.411. The van der Waals surface area contributed by atoms with Crippen molar-refractivity contribution in [3.05, 3.63) is 72.3 Å². The van der Waals surface area contributed by atoms with Crippen LogP contribution in [0, 0.1) is 12.8 Å². The van der Waals surface area contributed by atoms with Crippen LogP contribution in [0.3, 0.4) is 0 Å². The van der Waals surface area contributed by atoms with Crippen molar-refractivity contribution in [3.8, 4) is 22.6 Å². The third-order valence-corrected chi connectivity index (χ3v) is 9.52. The zero-order chi connectivity index (χ0) is 29.1. The van der Waals surface area contributed by atoms with Gasteiger partial charge in [0, 0.05) is 19.5 Å². The largest absolute Gasteiger partial charge is 0.497 e. The molecule has 3 aromatic carbocycles. The van der Waals surface area contributed by atoms with Crippen molar-refractivity contribution in [3.63, 3.8) is 0 Å². The summed E-state index contributed by atoms with van der Waals surface area (Å²) in [4.78, 5) is 26.1. The number of amides is 1. The van der Waals surface area contributed by atoms with Crippen molar-refractivity contribution in [2.45, 2.75) is 43.6 Å². The molecule has 0 aliphatic carbocycles. The minimum atomic E-state index is -3.94. The minimum absolute atomic E-state index is 0.0548. The number of hydrogen-bond acceptors (Lipinski definition) is 6. The molecule has 5 rings (SSSR count). The molecule has 41 heavy (non-hydrogen) atoms. The SMILES string of the molecule is COc1cccc(-c2ccc3c(c2)N(S(=O)(=O)c2cccc(C)c2)C[C@H](CCC(=O)N2CCC(C(=O)O)CC2)O3)c1. The van der Waals surface area contributed by atoms with Gasteiger partial charge in [0.2, 0.25) is 5.91 Å². The van der Waals surface area contributed by atoms with Gasteiger partial charge in [0.15, 0.2) is 0 Å². The lowest BCUT2D eigenvalue weighted by atomic mass is 9.97. The second-order valence-corrected chi connectivity index (χ2v) is 12.4. The molecule has 2 heterocycles. The Morgan fingerprint density at radius 3 is 2.44 bits per heavy atom. The lowest BCUT2D eigenvalue weighted by molar-refractivity contribution is -0.145. The maximum absolute atomic E-state index is 14.0. The summed E-state index contributed by atoms with van der Waals surface area (Å²) in [5, 5.41) is 9.23. The molecule has 0 saturated carbocycles. The van der Waals surface area contributed by atoms with Crippen LogP contribution in [0.1, 0.15) is 31.2 Å². The maximum Gasteiger partial charge on any atom is 0.306 e. The van der Waals surface area contributed by atoms with E-state index in [0.717, 1.165) is 16.7 Å². The third kappa shape index (κ3) is 6.17. The van der Waals surface area contributed by atoms with Gasteiger partial charge in [0.05, 0.1) is 30.2 Å². The van der Waals surface area contributed by atoms with Gasteiger partial charge in [-0.1, -0.05) is 30.3 Å². The number of piperidine rings is 1. The predicted octanol–water partition coefficient (Wildman–Crippen LogP) is 4.73. The normalized spacial score (nSPS) is 17.5. The smallest absolute Gasteiger partial charge is 0.306 e. The number of ether oxygens (including phenoxy) is 2. The molecular formula is C31H34N2O7S. The zero-order valence-electron chi connectivity index (χ0n) is 23.2. The molecule has 2 aliphatic heterocycles. The van der Waals surface area contributed by atoms with Crippen LogP contribution in [0.15, 0.2) is 71.6 Å². The van der Waals surface area contributed by atoms with Crippen LogP contribution in [0.4, 0.5) is 5.69 Å². The Bertz CT molecular complexity index is 1550. The minimum Gasteiger partial charge on any atom is -0.497 e. The van der Waals surface area contributed by atoms with E-state index in [-0.39, 0.29) is 23.8 Å². The number of sulfonamides is 1. The summed E-state index contributed by atoms with van der Waals surface area (Å²) in [7, 11) is -2.34. The molecule has 1 atom stereocenters. The Balaban J connectivity index is 1.41. The third-order valence-electron chi connectivity index (χ3n) is 7.75. The molecule has 1 saturated heterocycles. The lowest BCUT2D eigenvalue weighted by Crippen LogP contribution is -2.44. The van der Waals surface area contributed by atoms with Crippen LogP contribution >= 0.6 is 0 Å². The Kier molecular flexibility index (Phi) is 8.21. The van der Waals surface area contributed by atoms with Gasteiger partial charge in [-0.25, -0.2) is 8.42 Å². The fourth-order valence-electron chi connectivity index (χ4n) is 5.39. The Labute approximate surface area is 240 Å². The summed E-state index contributed by atoms with van der Waals surface area (Å²) in [5.74, 6) is -0.198. The first-order valence-electron chi connectivity index (χ1n) is 13.7. The lowest BCUT2D eigenvalue weighted by Gasteiger charge is -2.36. The number of aliphatic carboxylic acids is 1. The van der Waals surface area contributed by atoms with E-state index >= 15 is 0 Å². The van der Waals surface area contributed by atoms with Gasteiger partial charge in [0.1, 0.15) is 17.6 Å². The van der Waals surface area contributed by atoms with Gasteiger partial charge in [-0.15, -0.1) is 0 Å². The molecule has 0 aromatic heterocycles. The molecule has 0 bridgehead atoms. The van der Waals surface area contributed by atoms with E-state index in [1.165, 1.54) is 4.31 Å². The maximum atomic E-state index is 14.0. The fourth-order valence-corrected chi connectivity index (χ4v) is 7.00. The molecule has 9 nitrogen and oxygen atoms in total. The van der Waals surface area contributed by atoms with Crippen LogP contribution in [-0.4, -0.2) is 63.1 Å². The zero-order valence-corrected chi connectivity index (χ0v) is 24.0. The summed E-state index contributed by atoms with van der Waals surface area (Å²) >= 11 is 0. The van der Waals surface area contributed by atoms with Crippen molar-refractivity contribution in [1.29, 1.82) is 0 Å². The summed E-state index contributed by atoms with van der Waals surface area (Å²) in [6.07, 6.45) is 0.844. The Morgan fingerprint density at radius 1 is 1.00 bits per heavy atom. The number of hydrogen-bond donors (Lipinski definition) is 1. The highest BCUT2D eigenvalue weighted by atomic mass is 32.2. The fraction of sp³-hybridized carbons (Fsp3) is 0.355. The molecule has 1 N–H and O–H groups in total. The van der Waals surface area contributed by atoms with Crippen molar-refractivity contribution < 1.29 is 32.6 Å². The van der Waals surface area contributed by atoms with E-state index in [4.69, 9.17) is 9.47 Å². The van der Waals surface area contributed by atoms with Crippen molar-refractivity contribution >= 4 is 27.6 Å². The topological polar surface area (TPSA) is 113 Å². The highest BCUT2D eigenvalue weighted by Crippen LogP contribution is 2.41. The number of fused-ring (bicyclic) bond motifs is 1. The molecule has 216 valence electrons. The summed E-state index contributed by atoms with van der Waals surface area (Å²) < 4.78 is 41.0. The number of likely N-dealkylation sites (tertiary alicyclic amines) is 1. The highest BCUT2D eigenvalue weighted by Gasteiger charge is 2.36. The molecule has 1 amide bonds. The summed E-state index contributed by atoms with van der Waals surface area (Å²) in [6, 6.07) is 19.8. The molecule has 0 unspecified atom stereocenters. The molecule has 3 aromatic rings. The van der Waals surface area contributed by atoms with E-state index in [2.05, 4.69) is 0 Å². The van der Waals surface area contributed by atoms with Crippen LogP contribution < -0.4 is 13.8 Å². The molecule has 2 aliphatic rings. The number of anilines is 1. The number of carbonyl (C=O) groups is 2. The van der Waals surface area contributed by atoms with Crippen LogP contribution in [0.25, 0.3) is 11.1 Å². The van der Waals surface area contributed by atoms with Crippen molar-refractivity contribution in [2.75, 3.05) is 31.0 Å². The van der Waals surface area contributed by atoms with Gasteiger partial charge in [-0.3, -0.25) is 13.9 Å². The number of carbonyl (C=O) groups excluding carboxylic acids is 1. The van der Waals surface area contributed by atoms with E-state index in [1.807, 2.05) is 49.4 Å². The number of methoxy groups -OCH3 is 1. The van der Waals surface area contributed by atoms with Crippen molar-refractivity contribution in [1.82, 2.24) is 4.90 Å². The average Bonchev–Trinajstić information content (AvgIpc) is 2.99. The van der Waals surface area contributed by atoms with E-state index < -0.39 is 28.0 Å². The van der Waals surface area contributed by atoms with Crippen LogP contribution in [0.5, 0.6) is 11.5 Å². The number of nitrogens with zero attached hydrogens (tertiary/aromatic N) is 2. The first-order chi connectivity index (χ1) is 19.7. The number of rotatable bonds is 8. The number of carboxylic acid groups (broad SMARTS) is 1. The summed E-state index contributed by atoms with van der Waals surface area (Å²) in [5.41, 5.74) is 2.96. The molecule has 0 spiro atoms. The first kappa shape index (κ1) is 28.5. The Morgan fingerprint density at radius 2 is 1.73 bits per heavy atom. The van der Waals surface area contributed by atoms with E-state index in [0.29, 0.717) is 49.5 Å². The molecule has 10 heteroatoms. The first-order valence-corrected chi connectivity index (χ1v) is 15.1. The highest BCUT2D eigenvalue weighted by molar-refractivity contribution is 7.92. The van der Waals surface area contributed by atoms with Crippen molar-refractivity contribution in [2.24, 2.45) is 5.92 Å². The summed E-state index contributed by atoms with van der Waals surface area (Å²) in [6.45, 7) is 2.72. The molecular weight excluding hydrogens is 544 g/mol. The second kappa shape index (κ2) is 11.8. The van der Waals surface area contributed by atoms with Crippen LogP contribution in [0.2, 0.25) is 0 Å². The number of aryl methyl sites for hydroxylation is 1. The van der Waals surface area contributed by atoms with Gasteiger partial charge in [0.25, 0.3) is 10.0 Å². The Hall–Kier alpha value is -4.05. The van der Waals surface area contributed by atoms with Gasteiger partial charge < -0.3 is 19.5 Å². The number of carboxylic acids is 1. The van der Waals surface area contributed by atoms with E-state index in [1.54, 1.807) is 36.3 Å².